The smallest absolute Gasteiger partial charge is 0.0659 e. The SMILES string of the molecule is NC(COCC1CCOC1)c1cccc2ccccc12. The van der Waals surface area contributed by atoms with Gasteiger partial charge in [-0.2, -0.15) is 0 Å². The maximum atomic E-state index is 6.29. The average Bonchev–Trinajstić information content (AvgIpc) is 3.00. The van der Waals surface area contributed by atoms with Gasteiger partial charge in [-0.25, -0.2) is 0 Å². The van der Waals surface area contributed by atoms with Crippen molar-refractivity contribution in [1.82, 2.24) is 0 Å². The first-order valence-electron chi connectivity index (χ1n) is 7.23. The topological polar surface area (TPSA) is 44.5 Å². The van der Waals surface area contributed by atoms with Crippen LogP contribution in [0.15, 0.2) is 42.5 Å². The van der Waals surface area contributed by atoms with Gasteiger partial charge in [-0.15, -0.1) is 0 Å². The van der Waals surface area contributed by atoms with Gasteiger partial charge in [-0.05, 0) is 22.8 Å². The molecule has 2 aromatic rings. The van der Waals surface area contributed by atoms with E-state index < -0.39 is 0 Å². The summed E-state index contributed by atoms with van der Waals surface area (Å²) in [6.07, 6.45) is 1.10. The summed E-state index contributed by atoms with van der Waals surface area (Å²) >= 11 is 0. The molecule has 3 nitrogen and oxygen atoms in total. The van der Waals surface area contributed by atoms with Gasteiger partial charge in [0, 0.05) is 12.5 Å². The lowest BCUT2D eigenvalue weighted by atomic mass is 10.00. The van der Waals surface area contributed by atoms with Gasteiger partial charge in [0.1, 0.15) is 0 Å². The first kappa shape index (κ1) is 13.6. The summed E-state index contributed by atoms with van der Waals surface area (Å²) in [5.41, 5.74) is 7.45. The zero-order valence-electron chi connectivity index (χ0n) is 11.6. The molecule has 0 spiro atoms. The number of nitrogens with two attached hydrogens (primary N) is 1. The summed E-state index contributed by atoms with van der Waals surface area (Å²) in [4.78, 5) is 0. The van der Waals surface area contributed by atoms with E-state index in [4.69, 9.17) is 15.2 Å². The van der Waals surface area contributed by atoms with Crippen LogP contribution in [-0.4, -0.2) is 26.4 Å². The monoisotopic (exact) mass is 271 g/mol. The van der Waals surface area contributed by atoms with Crippen molar-refractivity contribution in [2.45, 2.75) is 12.5 Å². The molecule has 1 aliphatic rings. The van der Waals surface area contributed by atoms with E-state index >= 15 is 0 Å². The van der Waals surface area contributed by atoms with Crippen LogP contribution in [0.4, 0.5) is 0 Å². The van der Waals surface area contributed by atoms with Crippen LogP contribution >= 0.6 is 0 Å². The normalized spacial score (nSPS) is 20.4. The molecule has 2 atom stereocenters. The molecule has 0 aromatic heterocycles. The largest absolute Gasteiger partial charge is 0.381 e. The summed E-state index contributed by atoms with van der Waals surface area (Å²) in [6.45, 7) is 3.00. The molecule has 2 N–H and O–H groups in total. The minimum absolute atomic E-state index is 0.0802. The van der Waals surface area contributed by atoms with Crippen molar-refractivity contribution < 1.29 is 9.47 Å². The van der Waals surface area contributed by atoms with Crippen LogP contribution in [0.1, 0.15) is 18.0 Å². The molecule has 1 saturated heterocycles. The van der Waals surface area contributed by atoms with E-state index in [0.717, 1.165) is 31.8 Å². The van der Waals surface area contributed by atoms with Gasteiger partial charge in [0.25, 0.3) is 0 Å². The minimum Gasteiger partial charge on any atom is -0.381 e. The molecule has 0 radical (unpaired) electrons. The molecule has 3 heteroatoms. The number of rotatable bonds is 5. The second-order valence-electron chi connectivity index (χ2n) is 5.44. The Kier molecular flexibility index (Phi) is 4.31. The molecule has 0 saturated carbocycles. The first-order valence-corrected chi connectivity index (χ1v) is 7.23. The summed E-state index contributed by atoms with van der Waals surface area (Å²) in [5.74, 6) is 0.537. The van der Waals surface area contributed by atoms with Crippen LogP contribution in [0.3, 0.4) is 0 Å². The molecular formula is C17H21NO2. The number of ether oxygens (including phenoxy) is 2. The van der Waals surface area contributed by atoms with Crippen LogP contribution in [0, 0.1) is 5.92 Å². The van der Waals surface area contributed by atoms with Crippen molar-refractivity contribution >= 4 is 10.8 Å². The Morgan fingerprint density at radius 2 is 2.05 bits per heavy atom. The molecule has 0 amide bonds. The lowest BCUT2D eigenvalue weighted by molar-refractivity contribution is 0.0810. The third kappa shape index (κ3) is 3.01. The standard InChI is InChI=1S/C17H21NO2/c18-17(12-20-11-13-8-9-19-10-13)16-7-3-5-14-4-1-2-6-15(14)16/h1-7,13,17H,8-12,18H2. The van der Waals surface area contributed by atoms with Crippen LogP contribution in [0.25, 0.3) is 10.8 Å². The van der Waals surface area contributed by atoms with E-state index in [1.54, 1.807) is 0 Å². The highest BCUT2D eigenvalue weighted by Gasteiger charge is 2.16. The molecule has 0 aliphatic carbocycles. The lowest BCUT2D eigenvalue weighted by Crippen LogP contribution is -2.20. The molecule has 1 heterocycles. The second-order valence-corrected chi connectivity index (χ2v) is 5.44. The van der Waals surface area contributed by atoms with E-state index in [1.807, 2.05) is 6.07 Å². The molecule has 0 bridgehead atoms. The molecule has 2 unspecified atom stereocenters. The van der Waals surface area contributed by atoms with E-state index in [0.29, 0.717) is 12.5 Å². The highest BCUT2D eigenvalue weighted by molar-refractivity contribution is 5.86. The van der Waals surface area contributed by atoms with Crippen molar-refractivity contribution in [3.63, 3.8) is 0 Å². The molecule has 1 aliphatic heterocycles. The Bertz CT molecular complexity index is 558. The fourth-order valence-electron chi connectivity index (χ4n) is 2.74. The highest BCUT2D eigenvalue weighted by atomic mass is 16.5. The Morgan fingerprint density at radius 3 is 2.90 bits per heavy atom. The average molecular weight is 271 g/mol. The summed E-state index contributed by atoms with van der Waals surface area (Å²) in [7, 11) is 0. The number of hydrogen-bond acceptors (Lipinski definition) is 3. The van der Waals surface area contributed by atoms with Gasteiger partial charge in [-0.3, -0.25) is 0 Å². The maximum absolute atomic E-state index is 6.29. The summed E-state index contributed by atoms with van der Waals surface area (Å²) in [6, 6.07) is 14.5. The maximum Gasteiger partial charge on any atom is 0.0659 e. The van der Waals surface area contributed by atoms with Crippen molar-refractivity contribution in [3.8, 4) is 0 Å². The summed E-state index contributed by atoms with van der Waals surface area (Å²) in [5, 5.41) is 2.44. The Balaban J connectivity index is 1.64. The van der Waals surface area contributed by atoms with Gasteiger partial charge < -0.3 is 15.2 Å². The fourth-order valence-corrected chi connectivity index (χ4v) is 2.74. The van der Waals surface area contributed by atoms with Gasteiger partial charge in [0.15, 0.2) is 0 Å². The predicted molar refractivity (Wildman–Crippen MR) is 80.6 cm³/mol. The lowest BCUT2D eigenvalue weighted by Gasteiger charge is -2.16. The van der Waals surface area contributed by atoms with Gasteiger partial charge in [-0.1, -0.05) is 42.5 Å². The molecular weight excluding hydrogens is 250 g/mol. The fraction of sp³-hybridized carbons (Fsp3) is 0.412. The van der Waals surface area contributed by atoms with Crippen molar-refractivity contribution in [3.05, 3.63) is 48.0 Å². The molecule has 3 rings (SSSR count). The third-order valence-corrected chi connectivity index (χ3v) is 3.90. The van der Waals surface area contributed by atoms with E-state index in [1.165, 1.54) is 10.8 Å². The molecule has 2 aromatic carbocycles. The van der Waals surface area contributed by atoms with Crippen LogP contribution in [-0.2, 0) is 9.47 Å². The minimum atomic E-state index is -0.0802. The molecule has 1 fully saturated rings. The van der Waals surface area contributed by atoms with Crippen LogP contribution < -0.4 is 5.73 Å². The van der Waals surface area contributed by atoms with Crippen molar-refractivity contribution in [1.29, 1.82) is 0 Å². The predicted octanol–water partition coefficient (Wildman–Crippen LogP) is 2.89. The zero-order chi connectivity index (χ0) is 13.8. The molecule has 20 heavy (non-hydrogen) atoms. The Morgan fingerprint density at radius 1 is 1.20 bits per heavy atom. The third-order valence-electron chi connectivity index (χ3n) is 3.90. The first-order chi connectivity index (χ1) is 9.84. The van der Waals surface area contributed by atoms with Crippen LogP contribution in [0.2, 0.25) is 0 Å². The number of fused-ring (bicyclic) bond motifs is 1. The van der Waals surface area contributed by atoms with E-state index in [9.17, 15) is 0 Å². The van der Waals surface area contributed by atoms with Crippen molar-refractivity contribution in [2.24, 2.45) is 11.7 Å². The number of benzene rings is 2. The van der Waals surface area contributed by atoms with Gasteiger partial charge in [0.05, 0.1) is 25.9 Å². The molecule has 106 valence electrons. The van der Waals surface area contributed by atoms with Crippen molar-refractivity contribution in [2.75, 3.05) is 26.4 Å². The van der Waals surface area contributed by atoms with E-state index in [2.05, 4.69) is 36.4 Å². The zero-order valence-corrected chi connectivity index (χ0v) is 11.6. The second kappa shape index (κ2) is 6.35. The van der Waals surface area contributed by atoms with Crippen LogP contribution in [0.5, 0.6) is 0 Å². The Hall–Kier alpha value is -1.42. The quantitative estimate of drug-likeness (QED) is 0.909. The number of hydrogen-bond donors (Lipinski definition) is 1. The van der Waals surface area contributed by atoms with Gasteiger partial charge in [0.2, 0.25) is 0 Å². The van der Waals surface area contributed by atoms with Gasteiger partial charge >= 0.3 is 0 Å². The Labute approximate surface area is 119 Å². The highest BCUT2D eigenvalue weighted by Crippen LogP contribution is 2.23. The summed E-state index contributed by atoms with van der Waals surface area (Å²) < 4.78 is 11.1. The van der Waals surface area contributed by atoms with E-state index in [-0.39, 0.29) is 6.04 Å².